The summed E-state index contributed by atoms with van der Waals surface area (Å²) in [5.41, 5.74) is 2.01. The number of amides is 1. The molecule has 0 aromatic carbocycles. The first kappa shape index (κ1) is 18.0. The van der Waals surface area contributed by atoms with Gasteiger partial charge < -0.3 is 9.80 Å². The summed E-state index contributed by atoms with van der Waals surface area (Å²) < 4.78 is 1.86. The van der Waals surface area contributed by atoms with E-state index in [4.69, 9.17) is 0 Å². The molecule has 144 valence electrons. The third-order valence-electron chi connectivity index (χ3n) is 5.96. The van der Waals surface area contributed by atoms with Crippen LogP contribution in [0.5, 0.6) is 0 Å². The zero-order valence-corrected chi connectivity index (χ0v) is 16.3. The van der Waals surface area contributed by atoms with Gasteiger partial charge in [0.05, 0.1) is 11.8 Å². The van der Waals surface area contributed by atoms with Crippen LogP contribution in [-0.4, -0.2) is 51.8 Å². The van der Waals surface area contributed by atoms with E-state index in [0.29, 0.717) is 11.5 Å². The third-order valence-corrected chi connectivity index (χ3v) is 5.96. The van der Waals surface area contributed by atoms with E-state index in [2.05, 4.69) is 28.1 Å². The van der Waals surface area contributed by atoms with Crippen molar-refractivity contribution in [3.63, 3.8) is 0 Å². The maximum atomic E-state index is 12.7. The molecule has 4 heterocycles. The van der Waals surface area contributed by atoms with E-state index in [1.807, 2.05) is 35.0 Å². The van der Waals surface area contributed by atoms with E-state index in [1.165, 1.54) is 12.0 Å². The van der Waals surface area contributed by atoms with Crippen LogP contribution in [0.2, 0.25) is 0 Å². The van der Waals surface area contributed by atoms with Crippen molar-refractivity contribution in [2.75, 3.05) is 31.1 Å². The molecule has 2 aliphatic heterocycles. The average molecular weight is 367 g/mol. The number of rotatable bonds is 4. The molecule has 6 heteroatoms. The molecule has 1 unspecified atom stereocenters. The average Bonchev–Trinajstić information content (AvgIpc) is 3.31. The molecule has 0 radical (unpaired) electrons. The number of nitrogens with zero attached hydrogens (tertiary/aromatic N) is 5. The van der Waals surface area contributed by atoms with E-state index in [-0.39, 0.29) is 5.91 Å². The smallest absolute Gasteiger partial charge is 0.255 e. The Balaban J connectivity index is 1.34. The first-order valence-electron chi connectivity index (χ1n) is 10.1. The van der Waals surface area contributed by atoms with Gasteiger partial charge in [0.1, 0.15) is 5.82 Å². The molecule has 4 rings (SSSR count). The van der Waals surface area contributed by atoms with Crippen LogP contribution < -0.4 is 4.90 Å². The number of hydrogen-bond donors (Lipinski definition) is 0. The zero-order valence-electron chi connectivity index (χ0n) is 16.3. The van der Waals surface area contributed by atoms with Gasteiger partial charge in [0.15, 0.2) is 0 Å². The quantitative estimate of drug-likeness (QED) is 0.834. The minimum atomic E-state index is 0.122. The molecule has 0 N–H and O–H groups in total. The molecule has 0 aliphatic carbocycles. The molecule has 2 aromatic rings. The molecule has 2 saturated heterocycles. The molecule has 1 amide bonds. The fourth-order valence-corrected chi connectivity index (χ4v) is 4.21. The Morgan fingerprint density at radius 3 is 2.63 bits per heavy atom. The van der Waals surface area contributed by atoms with Gasteiger partial charge in [0, 0.05) is 45.6 Å². The van der Waals surface area contributed by atoms with Crippen molar-refractivity contribution in [1.29, 1.82) is 0 Å². The molecular formula is C21H29N5O. The van der Waals surface area contributed by atoms with Crippen LogP contribution in [0, 0.1) is 11.8 Å². The third kappa shape index (κ3) is 4.15. The predicted octanol–water partition coefficient (Wildman–Crippen LogP) is 2.76. The fourth-order valence-electron chi connectivity index (χ4n) is 4.21. The highest BCUT2D eigenvalue weighted by Crippen LogP contribution is 2.25. The van der Waals surface area contributed by atoms with Crippen LogP contribution in [0.1, 0.15) is 42.1 Å². The molecule has 0 bridgehead atoms. The van der Waals surface area contributed by atoms with Crippen LogP contribution in [0.25, 0.3) is 0 Å². The summed E-state index contributed by atoms with van der Waals surface area (Å²) in [4.78, 5) is 21.6. The van der Waals surface area contributed by atoms with Crippen molar-refractivity contribution >= 4 is 11.7 Å². The second-order valence-corrected chi connectivity index (χ2v) is 8.21. The van der Waals surface area contributed by atoms with Gasteiger partial charge in [-0.15, -0.1) is 0 Å². The molecule has 2 aliphatic rings. The topological polar surface area (TPSA) is 54.3 Å². The summed E-state index contributed by atoms with van der Waals surface area (Å²) in [5, 5.41) is 4.26. The van der Waals surface area contributed by atoms with Gasteiger partial charge >= 0.3 is 0 Å². The van der Waals surface area contributed by atoms with Crippen molar-refractivity contribution in [1.82, 2.24) is 19.7 Å². The molecule has 2 aromatic heterocycles. The summed E-state index contributed by atoms with van der Waals surface area (Å²) in [6.45, 7) is 6.03. The lowest BCUT2D eigenvalue weighted by Gasteiger charge is -2.30. The summed E-state index contributed by atoms with van der Waals surface area (Å²) in [6.07, 6.45) is 10.2. The van der Waals surface area contributed by atoms with Gasteiger partial charge in [0.2, 0.25) is 0 Å². The van der Waals surface area contributed by atoms with Gasteiger partial charge in [-0.3, -0.25) is 9.48 Å². The Hall–Kier alpha value is -2.37. The lowest BCUT2D eigenvalue weighted by molar-refractivity contribution is 0.0697. The van der Waals surface area contributed by atoms with Crippen molar-refractivity contribution in [3.05, 3.63) is 41.9 Å². The predicted molar refractivity (Wildman–Crippen MR) is 106 cm³/mol. The summed E-state index contributed by atoms with van der Waals surface area (Å²) in [5.74, 6) is 2.46. The molecule has 6 nitrogen and oxygen atoms in total. The van der Waals surface area contributed by atoms with E-state index >= 15 is 0 Å². The molecule has 0 spiro atoms. The van der Waals surface area contributed by atoms with E-state index in [1.54, 1.807) is 6.20 Å². The number of pyridine rings is 1. The number of aryl methyl sites for hydroxylation is 1. The highest BCUT2D eigenvalue weighted by atomic mass is 16.2. The van der Waals surface area contributed by atoms with E-state index in [0.717, 1.165) is 57.2 Å². The maximum Gasteiger partial charge on any atom is 0.255 e. The van der Waals surface area contributed by atoms with Crippen molar-refractivity contribution in [3.8, 4) is 0 Å². The lowest BCUT2D eigenvalue weighted by Crippen LogP contribution is -2.38. The number of hydrogen-bond acceptors (Lipinski definition) is 4. The number of likely N-dealkylation sites (tertiary alicyclic amines) is 1. The van der Waals surface area contributed by atoms with Crippen LogP contribution >= 0.6 is 0 Å². The summed E-state index contributed by atoms with van der Waals surface area (Å²) >= 11 is 0. The molecule has 27 heavy (non-hydrogen) atoms. The van der Waals surface area contributed by atoms with Crippen molar-refractivity contribution in [2.45, 2.75) is 32.6 Å². The Morgan fingerprint density at radius 2 is 1.96 bits per heavy atom. The second-order valence-electron chi connectivity index (χ2n) is 8.21. The van der Waals surface area contributed by atoms with Crippen LogP contribution in [0.4, 0.5) is 5.82 Å². The molecule has 2 fully saturated rings. The Labute approximate surface area is 161 Å². The molecule has 1 atom stereocenters. The maximum absolute atomic E-state index is 12.7. The van der Waals surface area contributed by atoms with Crippen molar-refractivity contribution in [2.24, 2.45) is 18.9 Å². The Bertz CT molecular complexity index is 776. The Kier molecular flexibility index (Phi) is 5.14. The number of aromatic nitrogens is 3. The standard InChI is InChI=1S/C21H29N5O/c1-16-5-8-25(9-6-16)21(27)19-3-4-20(22-13-19)26-10-7-17(15-26)11-18-12-23-24(2)14-18/h3-4,12-14,16-17H,5-11,15H2,1-2H3. The number of piperidine rings is 1. The highest BCUT2D eigenvalue weighted by Gasteiger charge is 2.25. The van der Waals surface area contributed by atoms with Gasteiger partial charge in [-0.2, -0.15) is 5.10 Å². The fraction of sp³-hybridized carbons (Fsp3) is 0.571. The van der Waals surface area contributed by atoms with E-state index < -0.39 is 0 Å². The Morgan fingerprint density at radius 1 is 1.15 bits per heavy atom. The van der Waals surface area contributed by atoms with Crippen LogP contribution in [0.3, 0.4) is 0 Å². The van der Waals surface area contributed by atoms with E-state index in [9.17, 15) is 4.79 Å². The lowest BCUT2D eigenvalue weighted by atomic mass is 9.99. The molecule has 0 saturated carbocycles. The first-order chi connectivity index (χ1) is 13.1. The minimum Gasteiger partial charge on any atom is -0.356 e. The van der Waals surface area contributed by atoms with Crippen molar-refractivity contribution < 1.29 is 4.79 Å². The number of carbonyl (C=O) groups excluding carboxylic acids is 1. The summed E-state index contributed by atoms with van der Waals surface area (Å²) in [6, 6.07) is 3.95. The number of carbonyl (C=O) groups is 1. The monoisotopic (exact) mass is 367 g/mol. The van der Waals surface area contributed by atoms with Gasteiger partial charge in [-0.1, -0.05) is 6.92 Å². The van der Waals surface area contributed by atoms with Gasteiger partial charge in [-0.05, 0) is 55.2 Å². The largest absolute Gasteiger partial charge is 0.356 e. The van der Waals surface area contributed by atoms with Gasteiger partial charge in [-0.25, -0.2) is 4.98 Å². The summed E-state index contributed by atoms with van der Waals surface area (Å²) in [7, 11) is 1.96. The van der Waals surface area contributed by atoms with Crippen LogP contribution in [0.15, 0.2) is 30.7 Å². The minimum absolute atomic E-state index is 0.122. The number of anilines is 1. The normalized spacial score (nSPS) is 21.0. The second kappa shape index (κ2) is 7.71. The van der Waals surface area contributed by atoms with Crippen LogP contribution in [-0.2, 0) is 13.5 Å². The molecular weight excluding hydrogens is 338 g/mol. The zero-order chi connectivity index (χ0) is 18.8. The first-order valence-corrected chi connectivity index (χ1v) is 10.1. The SMILES string of the molecule is CC1CCN(C(=O)c2ccc(N3CCC(Cc4cnn(C)c4)C3)nc2)CC1. The van der Waals surface area contributed by atoms with Gasteiger partial charge in [0.25, 0.3) is 5.91 Å². The highest BCUT2D eigenvalue weighted by molar-refractivity contribution is 5.94.